The van der Waals surface area contributed by atoms with Gasteiger partial charge in [-0.25, -0.2) is 0 Å². The SMILES string of the molecule is CN(C)C(=O)CNc1cccc(C(=O)N2CCC[C@@H](CO)C2)c1. The number of amides is 2. The van der Waals surface area contributed by atoms with E-state index in [1.54, 1.807) is 31.1 Å². The molecule has 1 aromatic rings. The molecule has 1 atom stereocenters. The third-order valence-electron chi connectivity index (χ3n) is 4.12. The average Bonchev–Trinajstić information content (AvgIpc) is 2.59. The molecule has 0 unspecified atom stereocenters. The molecule has 0 aliphatic carbocycles. The van der Waals surface area contributed by atoms with E-state index in [-0.39, 0.29) is 30.9 Å². The maximum atomic E-state index is 12.6. The molecule has 2 N–H and O–H groups in total. The molecular weight excluding hydrogens is 294 g/mol. The van der Waals surface area contributed by atoms with Crippen molar-refractivity contribution in [2.45, 2.75) is 12.8 Å². The van der Waals surface area contributed by atoms with Gasteiger partial charge in [-0.1, -0.05) is 6.07 Å². The highest BCUT2D eigenvalue weighted by Crippen LogP contribution is 2.19. The van der Waals surface area contributed by atoms with Crippen molar-refractivity contribution < 1.29 is 14.7 Å². The number of nitrogens with one attached hydrogen (secondary N) is 1. The standard InChI is InChI=1S/C17H25N3O3/c1-19(2)16(22)10-18-15-7-3-6-14(9-15)17(23)20-8-4-5-13(11-20)12-21/h3,6-7,9,13,18,21H,4-5,8,10-12H2,1-2H3/t13-/m1/s1. The third-order valence-corrected chi connectivity index (χ3v) is 4.12. The van der Waals surface area contributed by atoms with Crippen molar-refractivity contribution in [1.29, 1.82) is 0 Å². The Balaban J connectivity index is 2.01. The second kappa shape index (κ2) is 7.97. The van der Waals surface area contributed by atoms with Crippen molar-refractivity contribution in [1.82, 2.24) is 9.80 Å². The van der Waals surface area contributed by atoms with Gasteiger partial charge in [0.2, 0.25) is 5.91 Å². The van der Waals surface area contributed by atoms with Crippen LogP contribution >= 0.6 is 0 Å². The van der Waals surface area contributed by atoms with Gasteiger partial charge in [0.25, 0.3) is 5.91 Å². The molecule has 2 rings (SSSR count). The molecule has 6 nitrogen and oxygen atoms in total. The van der Waals surface area contributed by atoms with Gasteiger partial charge >= 0.3 is 0 Å². The lowest BCUT2D eigenvalue weighted by atomic mass is 9.98. The van der Waals surface area contributed by atoms with Gasteiger partial charge in [0.15, 0.2) is 0 Å². The minimum Gasteiger partial charge on any atom is -0.396 e. The van der Waals surface area contributed by atoms with Crippen LogP contribution in [0.5, 0.6) is 0 Å². The number of carbonyl (C=O) groups excluding carboxylic acids is 2. The van der Waals surface area contributed by atoms with Gasteiger partial charge < -0.3 is 20.2 Å². The lowest BCUT2D eigenvalue weighted by molar-refractivity contribution is -0.126. The number of likely N-dealkylation sites (tertiary alicyclic amines) is 1. The number of hydrogen-bond acceptors (Lipinski definition) is 4. The first-order chi connectivity index (χ1) is 11.0. The zero-order valence-electron chi connectivity index (χ0n) is 13.8. The molecule has 1 aliphatic heterocycles. The molecule has 23 heavy (non-hydrogen) atoms. The Morgan fingerprint density at radius 3 is 2.87 bits per heavy atom. The fraction of sp³-hybridized carbons (Fsp3) is 0.529. The van der Waals surface area contributed by atoms with Gasteiger partial charge in [0, 0.05) is 45.0 Å². The Labute approximate surface area is 137 Å². The Hall–Kier alpha value is -2.08. The zero-order chi connectivity index (χ0) is 16.8. The number of likely N-dealkylation sites (N-methyl/N-ethyl adjacent to an activating group) is 1. The summed E-state index contributed by atoms with van der Waals surface area (Å²) < 4.78 is 0. The molecule has 0 saturated carbocycles. The summed E-state index contributed by atoms with van der Waals surface area (Å²) in [6.45, 7) is 1.65. The average molecular weight is 319 g/mol. The number of nitrogens with zero attached hydrogens (tertiary/aromatic N) is 2. The quantitative estimate of drug-likeness (QED) is 0.850. The molecule has 1 aliphatic rings. The number of benzene rings is 1. The molecule has 0 radical (unpaired) electrons. The molecule has 1 heterocycles. The Morgan fingerprint density at radius 1 is 1.39 bits per heavy atom. The fourth-order valence-electron chi connectivity index (χ4n) is 2.68. The summed E-state index contributed by atoms with van der Waals surface area (Å²) in [5.74, 6) is 0.126. The van der Waals surface area contributed by atoms with Crippen molar-refractivity contribution in [2.24, 2.45) is 5.92 Å². The van der Waals surface area contributed by atoms with E-state index < -0.39 is 0 Å². The molecule has 0 spiro atoms. The number of aliphatic hydroxyl groups excluding tert-OH is 1. The molecular formula is C17H25N3O3. The van der Waals surface area contributed by atoms with Crippen LogP contribution in [0.4, 0.5) is 5.69 Å². The first-order valence-electron chi connectivity index (χ1n) is 7.95. The van der Waals surface area contributed by atoms with E-state index in [0.717, 1.165) is 25.1 Å². The first-order valence-corrected chi connectivity index (χ1v) is 7.95. The summed E-state index contributed by atoms with van der Waals surface area (Å²) in [5.41, 5.74) is 1.35. The maximum Gasteiger partial charge on any atom is 0.253 e. The third kappa shape index (κ3) is 4.69. The van der Waals surface area contributed by atoms with E-state index in [2.05, 4.69) is 5.32 Å². The largest absolute Gasteiger partial charge is 0.396 e. The number of aliphatic hydroxyl groups is 1. The molecule has 1 fully saturated rings. The van der Waals surface area contributed by atoms with Crippen LogP contribution in [0.25, 0.3) is 0 Å². The van der Waals surface area contributed by atoms with Crippen LogP contribution < -0.4 is 5.32 Å². The van der Waals surface area contributed by atoms with Crippen molar-refractivity contribution in [3.63, 3.8) is 0 Å². The van der Waals surface area contributed by atoms with Crippen molar-refractivity contribution in [3.05, 3.63) is 29.8 Å². The van der Waals surface area contributed by atoms with Gasteiger partial charge in [-0.15, -0.1) is 0 Å². The van der Waals surface area contributed by atoms with Gasteiger partial charge in [0.05, 0.1) is 6.54 Å². The van der Waals surface area contributed by atoms with Crippen molar-refractivity contribution >= 4 is 17.5 Å². The second-order valence-electron chi connectivity index (χ2n) is 6.16. The van der Waals surface area contributed by atoms with Crippen LogP contribution in [0.1, 0.15) is 23.2 Å². The van der Waals surface area contributed by atoms with E-state index >= 15 is 0 Å². The monoisotopic (exact) mass is 319 g/mol. The Morgan fingerprint density at radius 2 is 2.17 bits per heavy atom. The van der Waals surface area contributed by atoms with E-state index in [9.17, 15) is 14.7 Å². The second-order valence-corrected chi connectivity index (χ2v) is 6.16. The molecule has 0 aromatic heterocycles. The molecule has 1 saturated heterocycles. The Bertz CT molecular complexity index is 560. The summed E-state index contributed by atoms with van der Waals surface area (Å²) >= 11 is 0. The predicted octanol–water partition coefficient (Wildman–Crippen LogP) is 1.03. The summed E-state index contributed by atoms with van der Waals surface area (Å²) in [6.07, 6.45) is 1.89. The van der Waals surface area contributed by atoms with Crippen LogP contribution in [0.15, 0.2) is 24.3 Å². The van der Waals surface area contributed by atoms with Crippen molar-refractivity contribution in [2.75, 3.05) is 45.7 Å². The molecule has 6 heteroatoms. The lowest BCUT2D eigenvalue weighted by Gasteiger charge is -2.32. The van der Waals surface area contributed by atoms with Crippen LogP contribution in [-0.2, 0) is 4.79 Å². The van der Waals surface area contributed by atoms with Crippen molar-refractivity contribution in [3.8, 4) is 0 Å². The number of piperidine rings is 1. The molecule has 2 amide bonds. The summed E-state index contributed by atoms with van der Waals surface area (Å²) in [4.78, 5) is 27.5. The highest BCUT2D eigenvalue weighted by Gasteiger charge is 2.24. The summed E-state index contributed by atoms with van der Waals surface area (Å²) in [5, 5.41) is 12.3. The van der Waals surface area contributed by atoms with Crippen LogP contribution in [-0.4, -0.2) is 67.1 Å². The van der Waals surface area contributed by atoms with Gasteiger partial charge in [-0.2, -0.15) is 0 Å². The number of rotatable bonds is 5. The minimum atomic E-state index is -0.0245. The van der Waals surface area contributed by atoms with Gasteiger partial charge in [-0.05, 0) is 37.0 Å². The predicted molar refractivity (Wildman–Crippen MR) is 89.3 cm³/mol. The normalized spacial score (nSPS) is 17.7. The fourth-order valence-corrected chi connectivity index (χ4v) is 2.68. The summed E-state index contributed by atoms with van der Waals surface area (Å²) in [7, 11) is 3.41. The number of carbonyl (C=O) groups is 2. The minimum absolute atomic E-state index is 0.0225. The van der Waals surface area contributed by atoms with E-state index in [4.69, 9.17) is 0 Å². The van der Waals surface area contributed by atoms with E-state index in [1.165, 1.54) is 4.90 Å². The van der Waals surface area contributed by atoms with Crippen LogP contribution in [0.2, 0.25) is 0 Å². The van der Waals surface area contributed by atoms with Gasteiger partial charge in [0.1, 0.15) is 0 Å². The van der Waals surface area contributed by atoms with Crippen LogP contribution in [0.3, 0.4) is 0 Å². The number of anilines is 1. The molecule has 0 bridgehead atoms. The topological polar surface area (TPSA) is 72.9 Å². The molecule has 1 aromatic carbocycles. The highest BCUT2D eigenvalue weighted by molar-refractivity contribution is 5.95. The lowest BCUT2D eigenvalue weighted by Crippen LogP contribution is -2.40. The Kier molecular flexibility index (Phi) is 5.98. The first kappa shape index (κ1) is 17.3. The van der Waals surface area contributed by atoms with E-state index in [1.807, 2.05) is 12.1 Å². The maximum absolute atomic E-state index is 12.6. The smallest absolute Gasteiger partial charge is 0.253 e. The van der Waals surface area contributed by atoms with Gasteiger partial charge in [-0.3, -0.25) is 9.59 Å². The highest BCUT2D eigenvalue weighted by atomic mass is 16.3. The number of hydrogen-bond donors (Lipinski definition) is 2. The van der Waals surface area contributed by atoms with Crippen LogP contribution in [0, 0.1) is 5.92 Å². The van der Waals surface area contributed by atoms with E-state index in [0.29, 0.717) is 12.1 Å². The molecule has 126 valence electrons. The zero-order valence-corrected chi connectivity index (χ0v) is 13.8. The summed E-state index contributed by atoms with van der Waals surface area (Å²) in [6, 6.07) is 7.20.